The highest BCUT2D eigenvalue weighted by Gasteiger charge is 2.55. The second-order valence-corrected chi connectivity index (χ2v) is 20.4. The molecule has 3 aliphatic rings. The molecule has 2 saturated heterocycles. The number of rotatable bonds is 27. The first kappa shape index (κ1) is 55.6. The molecule has 2 fully saturated rings. The lowest BCUT2D eigenvalue weighted by Crippen LogP contribution is -2.41. The van der Waals surface area contributed by atoms with Gasteiger partial charge in [0, 0.05) is 7.11 Å². The van der Waals surface area contributed by atoms with Crippen LogP contribution in [0.4, 0.5) is 0 Å². The molecule has 0 saturated carbocycles. The van der Waals surface area contributed by atoms with Gasteiger partial charge < -0.3 is 61.6 Å². The molecule has 390 valence electrons. The lowest BCUT2D eigenvalue weighted by atomic mass is 9.64. The zero-order valence-electron chi connectivity index (χ0n) is 44.4. The number of aryl methyl sites for hydroxylation is 1. The van der Waals surface area contributed by atoms with Crippen molar-refractivity contribution >= 4 is 31.1 Å². The second-order valence-electron chi connectivity index (χ2n) is 20.4. The van der Waals surface area contributed by atoms with Crippen LogP contribution in [0.2, 0.25) is 0 Å². The average molecular weight is 995 g/mol. The number of hydrogen-bond acceptors (Lipinski definition) is 14. The number of methoxy groups -OCH3 is 1. The molecule has 16 heteroatoms. The molecule has 0 amide bonds. The number of esters is 1. The van der Waals surface area contributed by atoms with Crippen LogP contribution in [0.1, 0.15) is 113 Å². The number of ether oxygens (including phenoxy) is 8. The molecule has 0 unspecified atom stereocenters. The first-order chi connectivity index (χ1) is 34.4. The number of hydrogen-bond donors (Lipinski definition) is 1. The van der Waals surface area contributed by atoms with Crippen molar-refractivity contribution in [2.75, 3.05) is 93.0 Å². The minimum Gasteiger partial charge on any atom is -0.490 e. The summed E-state index contributed by atoms with van der Waals surface area (Å²) in [5, 5.41) is 8.99. The Labute approximate surface area is 427 Å². The van der Waals surface area contributed by atoms with Crippen LogP contribution >= 0.6 is 0 Å². The molecule has 14 nitrogen and oxygen atoms in total. The highest BCUT2D eigenvalue weighted by Crippen LogP contribution is 2.57. The summed E-state index contributed by atoms with van der Waals surface area (Å²) < 4.78 is 72.6. The Bertz CT molecular complexity index is 2340. The van der Waals surface area contributed by atoms with Crippen molar-refractivity contribution in [3.63, 3.8) is 0 Å². The molecular weight excluding hydrogens is 918 g/mol. The van der Waals surface area contributed by atoms with Crippen LogP contribution in [0.3, 0.4) is 0 Å². The maximum atomic E-state index is 14.2. The molecule has 2 aliphatic heterocycles. The molecule has 0 bridgehead atoms. The van der Waals surface area contributed by atoms with Gasteiger partial charge in [0.15, 0.2) is 0 Å². The molecule has 72 heavy (non-hydrogen) atoms. The maximum Gasteiger partial charge on any atom is 0.494 e. The van der Waals surface area contributed by atoms with Gasteiger partial charge in [-0.25, -0.2) is 4.79 Å². The van der Waals surface area contributed by atoms with Gasteiger partial charge in [0.1, 0.15) is 17.9 Å². The van der Waals surface area contributed by atoms with Gasteiger partial charge in [0.05, 0.1) is 114 Å². The van der Waals surface area contributed by atoms with E-state index in [4.69, 9.17) is 61.6 Å². The number of aliphatic hydroxyl groups excluding tert-OH is 1. The third-order valence-electron chi connectivity index (χ3n) is 14.7. The van der Waals surface area contributed by atoms with E-state index in [1.165, 1.54) is 0 Å². The van der Waals surface area contributed by atoms with Gasteiger partial charge in [-0.05, 0) is 136 Å². The van der Waals surface area contributed by atoms with Crippen LogP contribution in [0.5, 0.6) is 5.75 Å². The van der Waals surface area contributed by atoms with Crippen LogP contribution < -0.4 is 15.7 Å². The van der Waals surface area contributed by atoms with Crippen molar-refractivity contribution < 1.29 is 66.4 Å². The molecule has 4 aromatic carbocycles. The normalized spacial score (nSPS) is 17.8. The Balaban J connectivity index is 1.37. The van der Waals surface area contributed by atoms with Gasteiger partial charge >= 0.3 is 20.2 Å². The van der Waals surface area contributed by atoms with E-state index in [1.807, 2.05) is 12.1 Å². The Morgan fingerprint density at radius 3 is 1.51 bits per heavy atom. The zero-order valence-corrected chi connectivity index (χ0v) is 44.4. The lowest BCUT2D eigenvalue weighted by Gasteiger charge is -2.35. The van der Waals surface area contributed by atoms with E-state index < -0.39 is 48.0 Å². The fourth-order valence-electron chi connectivity index (χ4n) is 9.35. The Hall–Kier alpha value is -4.16. The third kappa shape index (κ3) is 11.8. The van der Waals surface area contributed by atoms with Gasteiger partial charge in [0.25, 0.3) is 0 Å². The molecule has 4 aromatic rings. The number of carbonyl (C=O) groups is 1. The molecule has 1 aliphatic carbocycles. The highest BCUT2D eigenvalue weighted by atomic mass is 16.7. The van der Waals surface area contributed by atoms with Gasteiger partial charge in [-0.3, -0.25) is 0 Å². The van der Waals surface area contributed by atoms with Gasteiger partial charge in [0.2, 0.25) is 0 Å². The van der Waals surface area contributed by atoms with Crippen LogP contribution in [-0.4, -0.2) is 141 Å². The zero-order chi connectivity index (χ0) is 51.7. The summed E-state index contributed by atoms with van der Waals surface area (Å²) in [6, 6.07) is 25.4. The quantitative estimate of drug-likeness (QED) is 0.0328. The smallest absolute Gasteiger partial charge is 0.490 e. The number of carbonyl (C=O) groups excluding carboxylic acids is 1. The fraction of sp³-hybridized carbons (Fsp3) is 0.554. The van der Waals surface area contributed by atoms with Crippen molar-refractivity contribution in [3.8, 4) is 16.9 Å². The summed E-state index contributed by atoms with van der Waals surface area (Å²) in [4.78, 5) is 14.2. The summed E-state index contributed by atoms with van der Waals surface area (Å²) in [6.07, 6.45) is 0.727. The summed E-state index contributed by atoms with van der Waals surface area (Å²) in [5.74, 6) is -0.123. The lowest BCUT2D eigenvalue weighted by molar-refractivity contribution is 0.00442. The van der Waals surface area contributed by atoms with Gasteiger partial charge in [-0.2, -0.15) is 0 Å². The Morgan fingerprint density at radius 2 is 1.01 bits per heavy atom. The first-order valence-corrected chi connectivity index (χ1v) is 25.5. The largest absolute Gasteiger partial charge is 0.494 e. The van der Waals surface area contributed by atoms with Crippen molar-refractivity contribution in [1.29, 1.82) is 0 Å². The summed E-state index contributed by atoms with van der Waals surface area (Å²) in [7, 11) is 0.348. The van der Waals surface area contributed by atoms with Gasteiger partial charge in [-0.1, -0.05) is 67.6 Å². The predicted molar refractivity (Wildman–Crippen MR) is 278 cm³/mol. The van der Waals surface area contributed by atoms with E-state index in [2.05, 4.69) is 123 Å². The topological polar surface area (TPSA) is 148 Å². The van der Waals surface area contributed by atoms with Crippen LogP contribution in [0, 0.1) is 0 Å². The molecule has 2 heterocycles. The molecule has 1 N–H and O–H groups in total. The third-order valence-corrected chi connectivity index (χ3v) is 14.7. The first-order valence-electron chi connectivity index (χ1n) is 25.5. The number of fused-ring (bicyclic) bond motifs is 3. The monoisotopic (exact) mass is 995 g/mol. The van der Waals surface area contributed by atoms with E-state index in [9.17, 15) is 4.79 Å². The molecule has 0 radical (unpaired) electrons. The number of benzene rings is 4. The molecule has 0 spiro atoms. The van der Waals surface area contributed by atoms with Crippen molar-refractivity contribution in [2.45, 2.75) is 110 Å². The summed E-state index contributed by atoms with van der Waals surface area (Å²) in [5.41, 5.74) is 6.71. The van der Waals surface area contributed by atoms with Crippen molar-refractivity contribution in [2.24, 2.45) is 0 Å². The summed E-state index contributed by atoms with van der Waals surface area (Å²) in [6.45, 7) is 25.2. The minimum atomic E-state index is -1.04. The van der Waals surface area contributed by atoms with E-state index in [1.54, 1.807) is 14.0 Å². The van der Waals surface area contributed by atoms with E-state index in [0.29, 0.717) is 70.8 Å². The van der Waals surface area contributed by atoms with Crippen LogP contribution in [0.25, 0.3) is 11.1 Å². The van der Waals surface area contributed by atoms with E-state index in [0.717, 1.165) is 61.9 Å². The maximum absolute atomic E-state index is 14.2. The average Bonchev–Trinajstić information content (AvgIpc) is 3.86. The molecule has 0 atom stereocenters. The Morgan fingerprint density at radius 1 is 0.542 bits per heavy atom. The highest BCUT2D eigenvalue weighted by molar-refractivity contribution is 6.62. The molecule has 7 rings (SSSR count). The van der Waals surface area contributed by atoms with Crippen LogP contribution in [0.15, 0.2) is 72.8 Å². The van der Waals surface area contributed by atoms with E-state index in [-0.39, 0.29) is 33.0 Å². The minimum absolute atomic E-state index is 0.0211. The van der Waals surface area contributed by atoms with Crippen molar-refractivity contribution in [3.05, 3.63) is 112 Å². The summed E-state index contributed by atoms with van der Waals surface area (Å²) >= 11 is 0. The SMILES string of the molecule is CCOC(=O)c1cc(C2(c3ccc(COCCOCCOCCO)c(CC)c3)c3cc(B4OC(C)(C)C(C)(C)O4)ccc3-c3ccc(B4OC(C)(C)C(C)(C)O4)cc32)ccc1OCCOCCOCCOC. The predicted octanol–water partition coefficient (Wildman–Crippen LogP) is 6.99. The van der Waals surface area contributed by atoms with Gasteiger partial charge in [-0.15, -0.1) is 0 Å². The molecular formula is C56H76B2O14. The molecule has 0 aromatic heterocycles. The second kappa shape index (κ2) is 24.0. The number of aliphatic hydroxyl groups is 1. The van der Waals surface area contributed by atoms with Crippen molar-refractivity contribution in [1.82, 2.24) is 0 Å². The Kier molecular flexibility index (Phi) is 18.5. The van der Waals surface area contributed by atoms with E-state index >= 15 is 0 Å². The standard InChI is InChI=1S/C56H76B2O14/c1-12-39-34-41(15-14-40(39)38-66-31-30-64-27-26-62-23-22-59)56(42-16-21-50(47(35-42)51(60)67-13-2)68-33-32-65-29-28-63-25-24-61-11)48-36-43(57-69-52(3,4)53(5,6)70-57)17-19-45(48)46-20-18-44(37-49(46)56)58-71-54(7,8)55(9,10)72-58/h14-21,34-37,59H,12-13,22-33,38H2,1-11H3. The van der Waals surface area contributed by atoms with Crippen LogP contribution in [-0.2, 0) is 70.2 Å². The fourth-order valence-corrected chi connectivity index (χ4v) is 9.35.